The summed E-state index contributed by atoms with van der Waals surface area (Å²) in [5, 5.41) is 6.77. The molecule has 2 aromatic heterocycles. The molecule has 4 nitrogen and oxygen atoms in total. The molecule has 3 aromatic carbocycles. The lowest BCUT2D eigenvalue weighted by Gasteiger charge is -2.04. The molecule has 0 aliphatic rings. The Morgan fingerprint density at radius 3 is 2.22 bits per heavy atom. The van der Waals surface area contributed by atoms with Crippen molar-refractivity contribution in [3.05, 3.63) is 94.3 Å². The highest BCUT2D eigenvalue weighted by Gasteiger charge is 2.20. The van der Waals surface area contributed by atoms with Gasteiger partial charge in [0.05, 0.1) is 11.1 Å². The second-order valence-electron chi connectivity index (χ2n) is 6.22. The Morgan fingerprint density at radius 2 is 1.48 bits per heavy atom. The second-order valence-corrected chi connectivity index (χ2v) is 6.65. The van der Waals surface area contributed by atoms with Crippen LogP contribution in [0.2, 0.25) is 5.02 Å². The van der Waals surface area contributed by atoms with E-state index in [1.165, 1.54) is 0 Å². The first-order chi connectivity index (χ1) is 13.2. The molecule has 0 unspecified atom stereocenters. The summed E-state index contributed by atoms with van der Waals surface area (Å²) in [6.07, 6.45) is 0. The van der Waals surface area contributed by atoms with Gasteiger partial charge in [-0.2, -0.15) is 5.10 Å². The van der Waals surface area contributed by atoms with Gasteiger partial charge in [0.25, 0.3) is 0 Å². The third-order valence-electron chi connectivity index (χ3n) is 4.56. The van der Waals surface area contributed by atoms with Crippen LogP contribution in [0.15, 0.2) is 88.1 Å². The van der Waals surface area contributed by atoms with Crippen LogP contribution in [0.4, 0.5) is 0 Å². The van der Waals surface area contributed by atoms with Gasteiger partial charge in [-0.1, -0.05) is 60.1 Å². The number of aromatic nitrogens is 2. The summed E-state index contributed by atoms with van der Waals surface area (Å²) < 4.78 is 7.54. The molecule has 0 radical (unpaired) electrons. The SMILES string of the molecule is O=c1oc2c(-c3ccc(Cl)cc3)nn(-c3ccccc3)c2c2ccccc12. The van der Waals surface area contributed by atoms with Gasteiger partial charge in [0.15, 0.2) is 5.58 Å². The molecule has 130 valence electrons. The highest BCUT2D eigenvalue weighted by atomic mass is 35.5. The number of rotatable bonds is 2. The fourth-order valence-electron chi connectivity index (χ4n) is 3.30. The van der Waals surface area contributed by atoms with Crippen molar-refractivity contribution in [3.8, 4) is 16.9 Å². The van der Waals surface area contributed by atoms with Gasteiger partial charge in [-0.3, -0.25) is 0 Å². The molecule has 5 rings (SSSR count). The maximum Gasteiger partial charge on any atom is 0.344 e. The Balaban J connectivity index is 1.95. The molecule has 0 bridgehead atoms. The summed E-state index contributed by atoms with van der Waals surface area (Å²) in [4.78, 5) is 12.6. The number of hydrogen-bond donors (Lipinski definition) is 0. The minimum Gasteiger partial charge on any atom is -0.418 e. The molecule has 0 saturated heterocycles. The van der Waals surface area contributed by atoms with E-state index < -0.39 is 0 Å². The molecule has 0 fully saturated rings. The Morgan fingerprint density at radius 1 is 0.815 bits per heavy atom. The summed E-state index contributed by atoms with van der Waals surface area (Å²) in [5.41, 5.74) is 3.18. The number of halogens is 1. The standard InChI is InChI=1S/C22H13ClN2O2/c23-15-12-10-14(11-13-15)19-21-20(25(24-19)16-6-2-1-3-7-16)17-8-4-5-9-18(17)22(26)27-21/h1-13H. The highest BCUT2D eigenvalue weighted by molar-refractivity contribution is 6.30. The van der Waals surface area contributed by atoms with Crippen LogP contribution in [0.3, 0.4) is 0 Å². The smallest absolute Gasteiger partial charge is 0.344 e. The number of para-hydroxylation sites is 1. The monoisotopic (exact) mass is 372 g/mol. The van der Waals surface area contributed by atoms with Crippen LogP contribution in [0.1, 0.15) is 0 Å². The van der Waals surface area contributed by atoms with Crippen molar-refractivity contribution in [2.45, 2.75) is 0 Å². The minimum atomic E-state index is -0.374. The van der Waals surface area contributed by atoms with Crippen LogP contribution < -0.4 is 5.63 Å². The van der Waals surface area contributed by atoms with E-state index in [2.05, 4.69) is 0 Å². The second kappa shape index (κ2) is 6.11. The molecule has 5 heteroatoms. The van der Waals surface area contributed by atoms with Crippen LogP contribution in [0, 0.1) is 0 Å². The van der Waals surface area contributed by atoms with E-state index in [1.54, 1.807) is 18.2 Å². The van der Waals surface area contributed by atoms with Gasteiger partial charge in [-0.15, -0.1) is 0 Å². The Labute approximate surface area is 159 Å². The van der Waals surface area contributed by atoms with Crippen LogP contribution in [-0.4, -0.2) is 9.78 Å². The number of fused-ring (bicyclic) bond motifs is 3. The summed E-state index contributed by atoms with van der Waals surface area (Å²) in [7, 11) is 0. The van der Waals surface area contributed by atoms with Gasteiger partial charge in [0.2, 0.25) is 0 Å². The normalized spacial score (nSPS) is 11.3. The summed E-state index contributed by atoms with van der Waals surface area (Å²) in [6, 6.07) is 24.5. The lowest BCUT2D eigenvalue weighted by molar-refractivity contribution is 0.570. The third-order valence-corrected chi connectivity index (χ3v) is 4.81. The fraction of sp³-hybridized carbons (Fsp3) is 0. The molecule has 0 amide bonds. The number of benzene rings is 3. The van der Waals surface area contributed by atoms with E-state index >= 15 is 0 Å². The molecule has 0 spiro atoms. The van der Waals surface area contributed by atoms with Gasteiger partial charge in [-0.05, 0) is 30.3 Å². The lowest BCUT2D eigenvalue weighted by atomic mass is 10.1. The first-order valence-electron chi connectivity index (χ1n) is 8.48. The Hall–Kier alpha value is -3.37. The largest absolute Gasteiger partial charge is 0.418 e. The fourth-order valence-corrected chi connectivity index (χ4v) is 3.43. The Kier molecular flexibility index (Phi) is 3.59. The highest BCUT2D eigenvalue weighted by Crippen LogP contribution is 2.33. The van der Waals surface area contributed by atoms with Crippen molar-refractivity contribution in [1.29, 1.82) is 0 Å². The van der Waals surface area contributed by atoms with Gasteiger partial charge in [0, 0.05) is 16.0 Å². The number of hydrogen-bond acceptors (Lipinski definition) is 3. The van der Waals surface area contributed by atoms with Gasteiger partial charge < -0.3 is 4.42 Å². The maximum absolute atomic E-state index is 12.6. The van der Waals surface area contributed by atoms with Crippen LogP contribution in [0.5, 0.6) is 0 Å². The molecule has 5 aromatic rings. The first-order valence-corrected chi connectivity index (χ1v) is 8.86. The average molecular weight is 373 g/mol. The molecule has 27 heavy (non-hydrogen) atoms. The molecular weight excluding hydrogens is 360 g/mol. The molecule has 0 saturated carbocycles. The molecule has 0 atom stereocenters. The van der Waals surface area contributed by atoms with E-state index in [0.29, 0.717) is 21.7 Å². The van der Waals surface area contributed by atoms with Gasteiger partial charge >= 0.3 is 5.63 Å². The van der Waals surface area contributed by atoms with E-state index in [1.807, 2.05) is 65.3 Å². The quantitative estimate of drug-likeness (QED) is 0.414. The molecule has 0 N–H and O–H groups in total. The zero-order chi connectivity index (χ0) is 18.4. The van der Waals surface area contributed by atoms with Gasteiger partial charge in [0.1, 0.15) is 11.2 Å². The van der Waals surface area contributed by atoms with E-state index in [4.69, 9.17) is 21.1 Å². The third kappa shape index (κ3) is 2.54. The minimum absolute atomic E-state index is 0.374. The van der Waals surface area contributed by atoms with E-state index in [0.717, 1.165) is 22.2 Å². The summed E-state index contributed by atoms with van der Waals surface area (Å²) >= 11 is 6.02. The van der Waals surface area contributed by atoms with Crippen molar-refractivity contribution in [3.63, 3.8) is 0 Å². The summed E-state index contributed by atoms with van der Waals surface area (Å²) in [5.74, 6) is 0. The first kappa shape index (κ1) is 15.9. The van der Waals surface area contributed by atoms with Gasteiger partial charge in [-0.25, -0.2) is 9.48 Å². The zero-order valence-corrected chi connectivity index (χ0v) is 14.9. The Bertz CT molecular complexity index is 1340. The lowest BCUT2D eigenvalue weighted by Crippen LogP contribution is -2.01. The van der Waals surface area contributed by atoms with E-state index in [9.17, 15) is 4.79 Å². The maximum atomic E-state index is 12.6. The van der Waals surface area contributed by atoms with Crippen molar-refractivity contribution in [2.75, 3.05) is 0 Å². The molecule has 2 heterocycles. The predicted octanol–water partition coefficient (Wildman–Crippen LogP) is 5.45. The number of nitrogens with zero attached hydrogens (tertiary/aromatic N) is 2. The van der Waals surface area contributed by atoms with Crippen molar-refractivity contribution < 1.29 is 4.42 Å². The molecule has 0 aliphatic heterocycles. The van der Waals surface area contributed by atoms with Crippen LogP contribution >= 0.6 is 11.6 Å². The predicted molar refractivity (Wildman–Crippen MR) is 108 cm³/mol. The van der Waals surface area contributed by atoms with E-state index in [-0.39, 0.29) is 5.63 Å². The van der Waals surface area contributed by atoms with Crippen molar-refractivity contribution >= 4 is 33.5 Å². The molecule has 0 aliphatic carbocycles. The summed E-state index contributed by atoms with van der Waals surface area (Å²) in [6.45, 7) is 0. The van der Waals surface area contributed by atoms with Crippen molar-refractivity contribution in [2.24, 2.45) is 0 Å². The topological polar surface area (TPSA) is 48.0 Å². The van der Waals surface area contributed by atoms with Crippen LogP contribution in [0.25, 0.3) is 38.8 Å². The average Bonchev–Trinajstić information content (AvgIpc) is 3.09. The zero-order valence-electron chi connectivity index (χ0n) is 14.1. The van der Waals surface area contributed by atoms with Crippen molar-refractivity contribution in [1.82, 2.24) is 9.78 Å². The molecular formula is C22H13ClN2O2. The van der Waals surface area contributed by atoms with Crippen LogP contribution in [-0.2, 0) is 0 Å².